The molecular formula is C39H44N4O8. The molecule has 4 aliphatic heterocycles. The lowest BCUT2D eigenvalue weighted by Gasteiger charge is -2.31. The third-order valence-corrected chi connectivity index (χ3v) is 8.24. The standard InChI is InChI=1S/C39H44N4O8/c1-39(2)33-5-3-7-35-37(33)50-27-23-46-19-17-44-22-26-49-32-15-11-30(12-16-32)41-43-36-8-4-6-34(39)38(36)51-28-24-47-20-18-45-21-25-48-31-13-9-29(10-14-31)40-42-35/h3-16H,17-28H2,1-2H3. The summed E-state index contributed by atoms with van der Waals surface area (Å²) >= 11 is 0. The Morgan fingerprint density at radius 3 is 1.14 bits per heavy atom. The van der Waals surface area contributed by atoms with Gasteiger partial charge in [0.05, 0.1) is 64.2 Å². The predicted molar refractivity (Wildman–Crippen MR) is 192 cm³/mol. The van der Waals surface area contributed by atoms with E-state index in [2.05, 4.69) is 34.3 Å². The minimum atomic E-state index is -0.656. The summed E-state index contributed by atoms with van der Waals surface area (Å²) in [6, 6.07) is 26.7. The van der Waals surface area contributed by atoms with Crippen molar-refractivity contribution in [1.29, 1.82) is 0 Å². The van der Waals surface area contributed by atoms with E-state index >= 15 is 0 Å². The third-order valence-electron chi connectivity index (χ3n) is 8.24. The zero-order valence-corrected chi connectivity index (χ0v) is 29.1. The van der Waals surface area contributed by atoms with Crippen molar-refractivity contribution in [3.05, 3.63) is 96.1 Å². The molecule has 0 amide bonds. The molecule has 0 saturated heterocycles. The Hall–Kier alpha value is -4.88. The molecule has 4 aliphatic rings. The average Bonchev–Trinajstić information content (AvgIpc) is 3.15. The summed E-state index contributed by atoms with van der Waals surface area (Å²) in [6.45, 7) is 8.95. The number of hydrogen-bond acceptors (Lipinski definition) is 12. The number of hydrogen-bond donors (Lipinski definition) is 0. The molecule has 0 saturated carbocycles. The fraction of sp³-hybridized carbons (Fsp3) is 0.385. The van der Waals surface area contributed by atoms with Gasteiger partial charge in [-0.05, 0) is 60.7 Å². The van der Waals surface area contributed by atoms with Crippen molar-refractivity contribution in [2.45, 2.75) is 19.3 Å². The van der Waals surface area contributed by atoms with E-state index in [1.54, 1.807) is 0 Å². The van der Waals surface area contributed by atoms with E-state index in [9.17, 15) is 0 Å². The molecule has 12 heteroatoms. The van der Waals surface area contributed by atoms with Gasteiger partial charge in [-0.2, -0.15) is 10.2 Å². The van der Waals surface area contributed by atoms with Crippen molar-refractivity contribution < 1.29 is 37.9 Å². The van der Waals surface area contributed by atoms with E-state index < -0.39 is 5.41 Å². The van der Waals surface area contributed by atoms with Gasteiger partial charge in [0.2, 0.25) is 0 Å². The van der Waals surface area contributed by atoms with E-state index in [4.69, 9.17) is 37.9 Å². The first-order valence-electron chi connectivity index (χ1n) is 17.2. The molecule has 0 N–H and O–H groups in total. The molecule has 12 nitrogen and oxygen atoms in total. The number of fused-ring (bicyclic) bond motifs is 22. The maximum Gasteiger partial charge on any atom is 0.150 e. The molecule has 0 spiro atoms. The minimum absolute atomic E-state index is 0.291. The number of rotatable bonds is 0. The molecule has 0 aromatic heterocycles. The molecule has 0 aliphatic carbocycles. The van der Waals surface area contributed by atoms with E-state index in [1.165, 1.54) is 0 Å². The molecule has 51 heavy (non-hydrogen) atoms. The van der Waals surface area contributed by atoms with Crippen LogP contribution in [-0.4, -0.2) is 79.3 Å². The molecule has 268 valence electrons. The van der Waals surface area contributed by atoms with Gasteiger partial charge in [0.25, 0.3) is 0 Å². The lowest BCUT2D eigenvalue weighted by Crippen LogP contribution is -2.23. The summed E-state index contributed by atoms with van der Waals surface area (Å²) in [4.78, 5) is 0. The quantitative estimate of drug-likeness (QED) is 0.168. The van der Waals surface area contributed by atoms with E-state index in [1.807, 2.05) is 84.9 Å². The topological polar surface area (TPSA) is 123 Å². The highest BCUT2D eigenvalue weighted by atomic mass is 16.6. The van der Waals surface area contributed by atoms with Crippen molar-refractivity contribution in [3.8, 4) is 23.0 Å². The fourth-order valence-corrected chi connectivity index (χ4v) is 5.57. The molecule has 4 heterocycles. The molecule has 4 aromatic rings. The fourth-order valence-electron chi connectivity index (χ4n) is 5.57. The highest BCUT2D eigenvalue weighted by Crippen LogP contribution is 2.47. The third kappa shape index (κ3) is 10.1. The van der Waals surface area contributed by atoms with Gasteiger partial charge in [-0.25, -0.2) is 0 Å². The molecule has 0 atom stereocenters. The summed E-state index contributed by atoms with van der Waals surface area (Å²) in [7, 11) is 0. The second kappa shape index (κ2) is 18.4. The molecular weight excluding hydrogens is 652 g/mol. The number of nitrogens with zero attached hydrogens (tertiary/aromatic N) is 4. The van der Waals surface area contributed by atoms with Crippen LogP contribution in [0.4, 0.5) is 22.7 Å². The highest BCUT2D eigenvalue weighted by Gasteiger charge is 2.32. The van der Waals surface area contributed by atoms with Crippen LogP contribution < -0.4 is 18.9 Å². The van der Waals surface area contributed by atoms with Gasteiger partial charge in [0.1, 0.15) is 49.3 Å². The average molecular weight is 697 g/mol. The molecule has 0 radical (unpaired) electrons. The number of ether oxygens (including phenoxy) is 8. The van der Waals surface area contributed by atoms with Gasteiger partial charge < -0.3 is 37.9 Å². The SMILES string of the molecule is CC1(C)c2cccc3c2OCCOCCOCCOc2ccc(cc2)N=Nc2cccc1c2OCCOCCOCCOc1ccc(cc1)N=N3. The van der Waals surface area contributed by atoms with Crippen molar-refractivity contribution in [2.24, 2.45) is 20.5 Å². The molecule has 0 fully saturated rings. The minimum Gasteiger partial charge on any atom is -0.491 e. The first-order chi connectivity index (χ1) is 25.1. The van der Waals surface area contributed by atoms with Crippen molar-refractivity contribution in [2.75, 3.05) is 79.3 Å². The van der Waals surface area contributed by atoms with Gasteiger partial charge in [-0.15, -0.1) is 10.2 Å². The van der Waals surface area contributed by atoms with Gasteiger partial charge >= 0.3 is 0 Å². The lowest BCUT2D eigenvalue weighted by molar-refractivity contribution is 0.0271. The Morgan fingerprint density at radius 2 is 0.745 bits per heavy atom. The van der Waals surface area contributed by atoms with Crippen LogP contribution in [0.5, 0.6) is 23.0 Å². The Balaban J connectivity index is 1.42. The summed E-state index contributed by atoms with van der Waals surface area (Å²) < 4.78 is 47.7. The predicted octanol–water partition coefficient (Wildman–Crippen LogP) is 8.45. The first-order valence-corrected chi connectivity index (χ1v) is 17.2. The van der Waals surface area contributed by atoms with Gasteiger partial charge in [-0.1, -0.05) is 38.1 Å². The van der Waals surface area contributed by atoms with Crippen LogP contribution in [0.1, 0.15) is 25.0 Å². The van der Waals surface area contributed by atoms with Gasteiger partial charge in [0.15, 0.2) is 11.5 Å². The molecule has 10 bridgehead atoms. The zero-order valence-electron chi connectivity index (χ0n) is 29.1. The van der Waals surface area contributed by atoms with Crippen LogP contribution >= 0.6 is 0 Å². The molecule has 8 rings (SSSR count). The monoisotopic (exact) mass is 696 g/mol. The van der Waals surface area contributed by atoms with E-state index in [-0.39, 0.29) is 0 Å². The largest absolute Gasteiger partial charge is 0.491 e. The number of para-hydroxylation sites is 2. The summed E-state index contributed by atoms with van der Waals surface area (Å²) in [6.07, 6.45) is 0. The van der Waals surface area contributed by atoms with Crippen LogP contribution in [0.2, 0.25) is 0 Å². The van der Waals surface area contributed by atoms with Crippen molar-refractivity contribution >= 4 is 22.7 Å². The second-order valence-electron chi connectivity index (χ2n) is 12.2. The molecule has 0 unspecified atom stereocenters. The Bertz CT molecular complexity index is 1620. The Morgan fingerprint density at radius 1 is 0.392 bits per heavy atom. The smallest absolute Gasteiger partial charge is 0.150 e. The summed E-state index contributed by atoms with van der Waals surface area (Å²) in [5.41, 5.74) is 3.62. The van der Waals surface area contributed by atoms with Crippen LogP contribution in [0.25, 0.3) is 0 Å². The van der Waals surface area contributed by atoms with Crippen LogP contribution in [0, 0.1) is 0 Å². The highest BCUT2D eigenvalue weighted by molar-refractivity contribution is 5.65. The second-order valence-corrected chi connectivity index (χ2v) is 12.2. The maximum absolute atomic E-state index is 6.49. The summed E-state index contributed by atoms with van der Waals surface area (Å²) in [5.74, 6) is 2.62. The Labute approximate surface area is 298 Å². The first kappa shape index (κ1) is 35.9. The van der Waals surface area contributed by atoms with Gasteiger partial charge in [0, 0.05) is 16.5 Å². The van der Waals surface area contributed by atoms with Crippen LogP contribution in [0.3, 0.4) is 0 Å². The maximum atomic E-state index is 6.49. The number of benzene rings is 4. The van der Waals surface area contributed by atoms with Gasteiger partial charge in [-0.3, -0.25) is 0 Å². The van der Waals surface area contributed by atoms with Crippen LogP contribution in [-0.2, 0) is 24.4 Å². The van der Waals surface area contributed by atoms with E-state index in [0.717, 1.165) is 22.6 Å². The van der Waals surface area contributed by atoms with Crippen LogP contribution in [0.15, 0.2) is 105 Å². The number of azo groups is 2. The van der Waals surface area contributed by atoms with E-state index in [0.29, 0.717) is 114 Å². The zero-order chi connectivity index (χ0) is 35.1. The summed E-state index contributed by atoms with van der Waals surface area (Å²) in [5, 5.41) is 18.4. The Kier molecular flexibility index (Phi) is 13.0. The van der Waals surface area contributed by atoms with Crippen molar-refractivity contribution in [3.63, 3.8) is 0 Å². The molecule has 4 aromatic carbocycles. The lowest BCUT2D eigenvalue weighted by atomic mass is 9.76. The van der Waals surface area contributed by atoms with Crippen molar-refractivity contribution in [1.82, 2.24) is 0 Å². The normalized spacial score (nSPS) is 17.8.